The molecule has 2 bridgehead atoms. The van der Waals surface area contributed by atoms with E-state index in [0.717, 1.165) is 40.9 Å². The lowest BCUT2D eigenvalue weighted by atomic mass is 9.49. The predicted octanol–water partition coefficient (Wildman–Crippen LogP) is 0.725. The maximum atomic E-state index is 13.0. The number of phenols is 1. The first kappa shape index (κ1) is 33.0. The fourth-order valence-corrected chi connectivity index (χ4v) is 8.94. The number of carbonyl (C=O) groups excluding carboxylic acids is 4. The van der Waals surface area contributed by atoms with Crippen LogP contribution in [-0.4, -0.2) is 99.2 Å². The Bertz CT molecular complexity index is 1990. The monoisotopic (exact) mass is 700 g/mol. The van der Waals surface area contributed by atoms with Crippen molar-refractivity contribution in [3.05, 3.63) is 52.7 Å². The Morgan fingerprint density at radius 2 is 1.67 bits per heavy atom. The van der Waals surface area contributed by atoms with Gasteiger partial charge in [-0.2, -0.15) is 0 Å². The van der Waals surface area contributed by atoms with Crippen molar-refractivity contribution in [2.24, 2.45) is 5.92 Å². The number of carbonyl (C=O) groups is 5. The molecule has 15 nitrogen and oxygen atoms in total. The average molecular weight is 701 g/mol. The summed E-state index contributed by atoms with van der Waals surface area (Å²) in [6.07, 6.45) is 3.13. The average Bonchev–Trinajstić information content (AvgIpc) is 3.74. The number of aromatic hydroxyl groups is 1. The molecule has 0 unspecified atom stereocenters. The molecule has 15 heteroatoms. The molecule has 3 aromatic rings. The number of aliphatic carboxylic acids is 1. The topological polar surface area (TPSA) is 222 Å². The summed E-state index contributed by atoms with van der Waals surface area (Å²) >= 11 is 0. The van der Waals surface area contributed by atoms with Crippen molar-refractivity contribution >= 4 is 46.2 Å². The van der Waals surface area contributed by atoms with E-state index in [1.54, 1.807) is 12.1 Å². The zero-order chi connectivity index (χ0) is 35.7. The zero-order valence-corrected chi connectivity index (χ0v) is 27.8. The molecule has 3 aliphatic carbocycles. The van der Waals surface area contributed by atoms with Gasteiger partial charge >= 0.3 is 5.97 Å². The number of H-pyrrole nitrogens is 1. The quantitative estimate of drug-likeness (QED) is 0.132. The van der Waals surface area contributed by atoms with Gasteiger partial charge in [-0.15, -0.1) is 0 Å². The normalized spacial score (nSPS) is 25.3. The first-order valence-electron chi connectivity index (χ1n) is 17.4. The Morgan fingerprint density at radius 3 is 2.41 bits per heavy atom. The lowest BCUT2D eigenvalue weighted by Gasteiger charge is -2.62. The van der Waals surface area contributed by atoms with Crippen LogP contribution in [0.4, 0.5) is 5.69 Å². The van der Waals surface area contributed by atoms with Crippen LogP contribution in [0, 0.1) is 5.92 Å². The first-order valence-corrected chi connectivity index (χ1v) is 17.4. The Hall–Kier alpha value is -5.15. The van der Waals surface area contributed by atoms with Crippen molar-refractivity contribution in [3.63, 3.8) is 0 Å². The Kier molecular flexibility index (Phi) is 7.94. The number of rotatable bonds is 12. The summed E-state index contributed by atoms with van der Waals surface area (Å²) in [5.41, 5.74) is 3.01. The van der Waals surface area contributed by atoms with Crippen molar-refractivity contribution < 1.29 is 44.0 Å². The number of amides is 4. The van der Waals surface area contributed by atoms with E-state index in [1.807, 2.05) is 18.2 Å². The van der Waals surface area contributed by atoms with Gasteiger partial charge in [0, 0.05) is 42.8 Å². The minimum absolute atomic E-state index is 0.0614. The highest BCUT2D eigenvalue weighted by Crippen LogP contribution is 2.69. The molecule has 51 heavy (non-hydrogen) atoms. The van der Waals surface area contributed by atoms with Crippen molar-refractivity contribution in [1.82, 2.24) is 25.8 Å². The number of hydrogen-bond donors (Lipinski definition) is 8. The first-order chi connectivity index (χ1) is 24.5. The van der Waals surface area contributed by atoms with Crippen LogP contribution in [0.3, 0.4) is 0 Å². The highest BCUT2D eigenvalue weighted by atomic mass is 16.5. The summed E-state index contributed by atoms with van der Waals surface area (Å²) in [5.74, 6) is -2.33. The molecule has 1 saturated heterocycles. The molecule has 5 aliphatic rings. The van der Waals surface area contributed by atoms with E-state index < -0.39 is 59.8 Å². The van der Waals surface area contributed by atoms with E-state index in [4.69, 9.17) is 9.84 Å². The molecular formula is C36H40N6O9. The summed E-state index contributed by atoms with van der Waals surface area (Å²) in [5, 5.41) is 43.3. The second-order valence-electron chi connectivity index (χ2n) is 14.4. The van der Waals surface area contributed by atoms with Gasteiger partial charge in [0.1, 0.15) is 6.54 Å². The lowest BCUT2D eigenvalue weighted by Crippen LogP contribution is -2.74. The number of ether oxygens (including phenoxy) is 1. The smallest absolute Gasteiger partial charge is 0.322 e. The number of aliphatic hydroxyl groups is 1. The van der Waals surface area contributed by atoms with E-state index >= 15 is 0 Å². The van der Waals surface area contributed by atoms with Crippen molar-refractivity contribution in [2.45, 2.75) is 68.1 Å². The third kappa shape index (κ3) is 5.46. The molecule has 2 aromatic carbocycles. The van der Waals surface area contributed by atoms with Crippen LogP contribution in [0.1, 0.15) is 60.6 Å². The van der Waals surface area contributed by atoms with Gasteiger partial charge in [-0.25, -0.2) is 0 Å². The SMILES string of the molecule is O=C(O)CNC(=O)CCC(=O)NCC(=O)NCC(=O)Nc1cccc2c3c([nH]c12)[C@@H]1Oc2c(O)ccc4c2[C@@]12CCN(CC1CC1)[C@H](C4)[C@]2(O)C3. The van der Waals surface area contributed by atoms with Crippen LogP contribution >= 0.6 is 0 Å². The van der Waals surface area contributed by atoms with Crippen LogP contribution in [0.5, 0.6) is 11.5 Å². The van der Waals surface area contributed by atoms with E-state index in [2.05, 4.69) is 31.2 Å². The Morgan fingerprint density at radius 1 is 0.941 bits per heavy atom. The number of para-hydroxylation sites is 1. The molecule has 2 fully saturated rings. The molecule has 4 amide bonds. The number of benzene rings is 2. The van der Waals surface area contributed by atoms with Gasteiger partial charge in [-0.1, -0.05) is 18.2 Å². The molecule has 268 valence electrons. The largest absolute Gasteiger partial charge is 0.504 e. The second kappa shape index (κ2) is 12.3. The summed E-state index contributed by atoms with van der Waals surface area (Å²) in [6.45, 7) is 0.463. The minimum Gasteiger partial charge on any atom is -0.504 e. The van der Waals surface area contributed by atoms with Crippen LogP contribution in [0.15, 0.2) is 30.3 Å². The summed E-state index contributed by atoms with van der Waals surface area (Å²) in [6, 6.07) is 9.08. The summed E-state index contributed by atoms with van der Waals surface area (Å²) in [4.78, 5) is 65.5. The van der Waals surface area contributed by atoms with Crippen LogP contribution < -0.4 is 26.0 Å². The van der Waals surface area contributed by atoms with Crippen molar-refractivity contribution in [3.8, 4) is 11.5 Å². The molecule has 2 aliphatic heterocycles. The maximum absolute atomic E-state index is 13.0. The molecule has 0 radical (unpaired) electrons. The number of fused-ring (bicyclic) bond motifs is 4. The number of nitrogens with one attached hydrogen (secondary N) is 5. The van der Waals surface area contributed by atoms with Crippen molar-refractivity contribution in [2.75, 3.05) is 38.0 Å². The number of carboxylic acids is 1. The van der Waals surface area contributed by atoms with Crippen molar-refractivity contribution in [1.29, 1.82) is 0 Å². The highest BCUT2D eigenvalue weighted by Gasteiger charge is 2.73. The van der Waals surface area contributed by atoms with Gasteiger partial charge in [-0.3, -0.25) is 28.9 Å². The highest BCUT2D eigenvalue weighted by molar-refractivity contribution is 6.03. The standard InChI is InChI=1S/C36H40N6O9/c43-23-7-6-19-12-24-36(50)13-21-20-2-1-3-22(40-28(47)15-38-27(46)14-37-25(44)8-9-26(45)39-16-29(48)49)31(20)41-32(21)34-35(36,30(19)33(23)51-34)10-11-42(24)17-18-4-5-18/h1-3,6-7,18,24,34,41,43,50H,4-5,8-17H2,(H,37,44)(H,38,46)(H,39,45)(H,40,47)(H,48,49)/t24-,34+,35+,36-/m1/s1. The third-order valence-electron chi connectivity index (χ3n) is 11.4. The molecule has 4 atom stereocenters. The Labute approximate surface area is 292 Å². The van der Waals surface area contributed by atoms with Gasteiger partial charge in [0.2, 0.25) is 23.6 Å². The fraction of sp³-hybridized carbons (Fsp3) is 0.472. The number of aromatic amines is 1. The number of anilines is 1. The van der Waals surface area contributed by atoms with Gasteiger partial charge in [0.15, 0.2) is 17.6 Å². The van der Waals surface area contributed by atoms with Crippen LogP contribution in [0.25, 0.3) is 10.9 Å². The molecule has 1 saturated carbocycles. The molecule has 8 rings (SSSR count). The lowest BCUT2D eigenvalue weighted by molar-refractivity contribution is -0.173. The van der Waals surface area contributed by atoms with E-state index in [0.29, 0.717) is 42.1 Å². The van der Waals surface area contributed by atoms with Crippen LogP contribution in [-0.2, 0) is 42.2 Å². The third-order valence-corrected chi connectivity index (χ3v) is 11.4. The number of piperidine rings is 1. The molecule has 3 heterocycles. The van der Waals surface area contributed by atoms with Gasteiger partial charge in [0.05, 0.1) is 41.0 Å². The molecule has 8 N–H and O–H groups in total. The molecular weight excluding hydrogens is 660 g/mol. The van der Waals surface area contributed by atoms with E-state index in [1.165, 1.54) is 12.8 Å². The van der Waals surface area contributed by atoms with Gasteiger partial charge < -0.3 is 46.3 Å². The van der Waals surface area contributed by atoms with Crippen LogP contribution in [0.2, 0.25) is 0 Å². The fourth-order valence-electron chi connectivity index (χ4n) is 8.94. The number of nitrogens with zero attached hydrogens (tertiary/aromatic N) is 1. The number of phenolic OH excluding ortho intramolecular Hbond substituents is 1. The number of aromatic nitrogens is 1. The number of carboxylic acid groups (broad SMARTS) is 1. The predicted molar refractivity (Wildman–Crippen MR) is 181 cm³/mol. The Balaban J connectivity index is 0.978. The van der Waals surface area contributed by atoms with Gasteiger partial charge in [-0.05, 0) is 61.4 Å². The minimum atomic E-state index is -1.20. The summed E-state index contributed by atoms with van der Waals surface area (Å²) in [7, 11) is 0. The van der Waals surface area contributed by atoms with E-state index in [-0.39, 0.29) is 31.2 Å². The molecule has 1 aromatic heterocycles. The summed E-state index contributed by atoms with van der Waals surface area (Å²) < 4.78 is 6.67. The molecule has 1 spiro atoms. The van der Waals surface area contributed by atoms with Gasteiger partial charge in [0.25, 0.3) is 0 Å². The second-order valence-corrected chi connectivity index (χ2v) is 14.4. The number of likely N-dealkylation sites (tertiary alicyclic amines) is 1. The maximum Gasteiger partial charge on any atom is 0.322 e. The van der Waals surface area contributed by atoms with E-state index in [9.17, 15) is 34.2 Å². The number of hydrogen-bond acceptors (Lipinski definition) is 9. The zero-order valence-electron chi connectivity index (χ0n) is 27.8.